The fraction of sp³-hybridized carbons (Fsp3) is 0.391. The second kappa shape index (κ2) is 9.79. The van der Waals surface area contributed by atoms with Gasteiger partial charge < -0.3 is 19.7 Å². The van der Waals surface area contributed by atoms with E-state index in [1.54, 1.807) is 23.1 Å². The number of rotatable bonds is 5. The first-order valence-electron chi connectivity index (χ1n) is 10.4. The van der Waals surface area contributed by atoms with Gasteiger partial charge in [-0.3, -0.25) is 4.79 Å². The molecule has 0 saturated carbocycles. The molecule has 0 bridgehead atoms. The second-order valence-corrected chi connectivity index (χ2v) is 8.75. The number of likely N-dealkylation sites (tertiary alicyclic amines) is 1. The summed E-state index contributed by atoms with van der Waals surface area (Å²) in [4.78, 5) is 25.7. The Morgan fingerprint density at radius 2 is 2.00 bits per heavy atom. The maximum Gasteiger partial charge on any atom is 0.410 e. The van der Waals surface area contributed by atoms with Gasteiger partial charge in [0.05, 0.1) is 16.7 Å². The SMILES string of the molecule is O=C1CCc2cc(OCC3CCCN(C(=O)OCc4ccc(Cl)c(Cl)c4)C3)ccc2N1. The first-order valence-corrected chi connectivity index (χ1v) is 11.1. The van der Waals surface area contributed by atoms with Crippen LogP contribution in [0.1, 0.15) is 30.4 Å². The van der Waals surface area contributed by atoms with E-state index < -0.39 is 0 Å². The molecular weight excluding hydrogens is 439 g/mol. The summed E-state index contributed by atoms with van der Waals surface area (Å²) in [6.45, 7) is 1.96. The van der Waals surface area contributed by atoms with Gasteiger partial charge >= 0.3 is 6.09 Å². The van der Waals surface area contributed by atoms with E-state index in [1.807, 2.05) is 18.2 Å². The van der Waals surface area contributed by atoms with Gasteiger partial charge in [0.2, 0.25) is 5.91 Å². The zero-order chi connectivity index (χ0) is 21.8. The zero-order valence-corrected chi connectivity index (χ0v) is 18.5. The van der Waals surface area contributed by atoms with E-state index in [4.69, 9.17) is 32.7 Å². The first-order chi connectivity index (χ1) is 15.0. The molecule has 2 aliphatic heterocycles. The Morgan fingerprint density at radius 3 is 2.84 bits per heavy atom. The third-order valence-electron chi connectivity index (χ3n) is 5.58. The number of carbonyl (C=O) groups excluding carboxylic acids is 2. The predicted octanol–water partition coefficient (Wildman–Crippen LogP) is 5.31. The molecule has 4 rings (SSSR count). The Morgan fingerprint density at radius 1 is 1.13 bits per heavy atom. The molecule has 0 aliphatic carbocycles. The first kappa shape index (κ1) is 21.8. The zero-order valence-electron chi connectivity index (χ0n) is 17.0. The number of benzene rings is 2. The molecule has 2 amide bonds. The number of fused-ring (bicyclic) bond motifs is 1. The third-order valence-corrected chi connectivity index (χ3v) is 6.32. The van der Waals surface area contributed by atoms with Crippen LogP contribution in [0, 0.1) is 5.92 Å². The fourth-order valence-corrected chi connectivity index (χ4v) is 4.22. The molecule has 6 nitrogen and oxygen atoms in total. The molecule has 2 heterocycles. The van der Waals surface area contributed by atoms with E-state index >= 15 is 0 Å². The van der Waals surface area contributed by atoms with Crippen molar-refractivity contribution in [3.63, 3.8) is 0 Å². The van der Waals surface area contributed by atoms with Gasteiger partial charge in [0.15, 0.2) is 0 Å². The van der Waals surface area contributed by atoms with Crippen LogP contribution in [0.4, 0.5) is 10.5 Å². The quantitative estimate of drug-likeness (QED) is 0.653. The molecule has 2 aromatic rings. The van der Waals surface area contributed by atoms with Crippen molar-refractivity contribution in [3.05, 3.63) is 57.6 Å². The van der Waals surface area contributed by atoms with Crippen LogP contribution in [0.15, 0.2) is 36.4 Å². The normalized spacial score (nSPS) is 18.2. The topological polar surface area (TPSA) is 67.9 Å². The van der Waals surface area contributed by atoms with Crippen molar-refractivity contribution >= 4 is 40.9 Å². The van der Waals surface area contributed by atoms with Crippen molar-refractivity contribution in [3.8, 4) is 5.75 Å². The van der Waals surface area contributed by atoms with Crippen LogP contribution in [0.3, 0.4) is 0 Å². The number of aryl methyl sites for hydroxylation is 1. The van der Waals surface area contributed by atoms with E-state index in [9.17, 15) is 9.59 Å². The van der Waals surface area contributed by atoms with Gasteiger partial charge in [-0.05, 0) is 60.7 Å². The van der Waals surface area contributed by atoms with Crippen molar-refractivity contribution < 1.29 is 19.1 Å². The van der Waals surface area contributed by atoms with Crippen molar-refractivity contribution in [2.24, 2.45) is 5.92 Å². The van der Waals surface area contributed by atoms with Gasteiger partial charge in [0.1, 0.15) is 12.4 Å². The third kappa shape index (κ3) is 5.63. The molecule has 1 saturated heterocycles. The molecular formula is C23H24Cl2N2O4. The molecule has 2 aliphatic rings. The van der Waals surface area contributed by atoms with Gasteiger partial charge in [0.25, 0.3) is 0 Å². The highest BCUT2D eigenvalue weighted by Crippen LogP contribution is 2.28. The monoisotopic (exact) mass is 462 g/mol. The van der Waals surface area contributed by atoms with Gasteiger partial charge in [0, 0.05) is 31.1 Å². The summed E-state index contributed by atoms with van der Waals surface area (Å²) in [6, 6.07) is 10.9. The minimum atomic E-state index is -0.333. The van der Waals surface area contributed by atoms with E-state index in [0.29, 0.717) is 36.2 Å². The number of halogens is 2. The lowest BCUT2D eigenvalue weighted by molar-refractivity contribution is -0.116. The van der Waals surface area contributed by atoms with Crippen LogP contribution >= 0.6 is 23.2 Å². The van der Waals surface area contributed by atoms with Crippen LogP contribution < -0.4 is 10.1 Å². The minimum absolute atomic E-state index is 0.0505. The Bertz CT molecular complexity index is 982. The number of carbonyl (C=O) groups is 2. The van der Waals surface area contributed by atoms with E-state index in [0.717, 1.165) is 41.8 Å². The minimum Gasteiger partial charge on any atom is -0.493 e. The smallest absolute Gasteiger partial charge is 0.410 e. The van der Waals surface area contributed by atoms with Gasteiger partial charge in [-0.2, -0.15) is 0 Å². The number of anilines is 1. The molecule has 0 radical (unpaired) electrons. The number of piperidine rings is 1. The lowest BCUT2D eigenvalue weighted by atomic mass is 9.99. The van der Waals surface area contributed by atoms with Crippen LogP contribution in [0.5, 0.6) is 5.75 Å². The highest BCUT2D eigenvalue weighted by molar-refractivity contribution is 6.42. The standard InChI is InChI=1S/C23H24Cl2N2O4/c24-19-6-3-15(10-20(19)25)13-31-23(29)27-9-1-2-16(12-27)14-30-18-5-7-21-17(11-18)4-8-22(28)26-21/h3,5-7,10-11,16H,1-2,4,8-9,12-14H2,(H,26,28). The number of hydrogen-bond acceptors (Lipinski definition) is 4. The molecule has 2 aromatic carbocycles. The molecule has 164 valence electrons. The van der Waals surface area contributed by atoms with Crippen LogP contribution in [-0.2, 0) is 22.6 Å². The van der Waals surface area contributed by atoms with Gasteiger partial charge in [-0.25, -0.2) is 4.79 Å². The number of hydrogen-bond donors (Lipinski definition) is 1. The van der Waals surface area contributed by atoms with E-state index in [2.05, 4.69) is 5.32 Å². The molecule has 1 fully saturated rings. The maximum atomic E-state index is 12.5. The Labute approximate surface area is 191 Å². The van der Waals surface area contributed by atoms with Crippen molar-refractivity contribution in [2.75, 3.05) is 25.0 Å². The van der Waals surface area contributed by atoms with Crippen LogP contribution in [0.2, 0.25) is 10.0 Å². The van der Waals surface area contributed by atoms with Crippen molar-refractivity contribution in [2.45, 2.75) is 32.3 Å². The van der Waals surface area contributed by atoms with Crippen molar-refractivity contribution in [1.82, 2.24) is 4.90 Å². The largest absolute Gasteiger partial charge is 0.493 e. The highest BCUT2D eigenvalue weighted by Gasteiger charge is 2.25. The molecule has 1 unspecified atom stereocenters. The average molecular weight is 463 g/mol. The molecule has 31 heavy (non-hydrogen) atoms. The Kier molecular flexibility index (Phi) is 6.88. The van der Waals surface area contributed by atoms with E-state index in [1.165, 1.54) is 0 Å². The summed E-state index contributed by atoms with van der Waals surface area (Å²) >= 11 is 11.9. The predicted molar refractivity (Wildman–Crippen MR) is 120 cm³/mol. The Hall–Kier alpha value is -2.44. The summed E-state index contributed by atoms with van der Waals surface area (Å²) in [5.41, 5.74) is 2.74. The summed E-state index contributed by atoms with van der Waals surface area (Å²) in [5.74, 6) is 1.07. The molecule has 0 spiro atoms. The lowest BCUT2D eigenvalue weighted by Crippen LogP contribution is -2.41. The number of amides is 2. The molecule has 8 heteroatoms. The molecule has 1 N–H and O–H groups in total. The fourth-order valence-electron chi connectivity index (χ4n) is 3.90. The van der Waals surface area contributed by atoms with Crippen LogP contribution in [-0.4, -0.2) is 36.6 Å². The second-order valence-electron chi connectivity index (χ2n) is 7.94. The summed E-state index contributed by atoms with van der Waals surface area (Å²) in [6.07, 6.45) is 2.79. The lowest BCUT2D eigenvalue weighted by Gasteiger charge is -2.32. The van der Waals surface area contributed by atoms with Gasteiger partial charge in [-0.1, -0.05) is 29.3 Å². The molecule has 1 atom stereocenters. The maximum absolute atomic E-state index is 12.5. The number of ether oxygens (including phenoxy) is 2. The summed E-state index contributed by atoms with van der Waals surface area (Å²) in [7, 11) is 0. The van der Waals surface area contributed by atoms with Gasteiger partial charge in [-0.15, -0.1) is 0 Å². The summed E-state index contributed by atoms with van der Waals surface area (Å²) < 4.78 is 11.5. The summed E-state index contributed by atoms with van der Waals surface area (Å²) in [5, 5.41) is 3.79. The van der Waals surface area contributed by atoms with Crippen LogP contribution in [0.25, 0.3) is 0 Å². The molecule has 0 aromatic heterocycles. The highest BCUT2D eigenvalue weighted by atomic mass is 35.5. The number of nitrogens with one attached hydrogen (secondary N) is 1. The average Bonchev–Trinajstić information content (AvgIpc) is 2.78. The number of nitrogens with zero attached hydrogens (tertiary/aromatic N) is 1. The Balaban J connectivity index is 1.27. The van der Waals surface area contributed by atoms with E-state index in [-0.39, 0.29) is 24.5 Å². The van der Waals surface area contributed by atoms with Crippen molar-refractivity contribution in [1.29, 1.82) is 0 Å².